The molecule has 0 radical (unpaired) electrons. The maximum absolute atomic E-state index is 5.20. The Morgan fingerprint density at radius 2 is 2.11 bits per heavy atom. The molecule has 0 amide bonds. The normalized spacial score (nSPS) is 8.11. The van der Waals surface area contributed by atoms with Crippen LogP contribution in [-0.4, -0.2) is 15.0 Å². The predicted octanol–water partition coefficient (Wildman–Crippen LogP) is 0.184. The van der Waals surface area contributed by atoms with Crippen LogP contribution in [0.15, 0.2) is 6.33 Å². The zero-order valence-corrected chi connectivity index (χ0v) is 5.72. The summed E-state index contributed by atoms with van der Waals surface area (Å²) in [5.74, 6) is 0.926. The topological polar surface area (TPSA) is 64.7 Å². The summed E-state index contributed by atoms with van der Waals surface area (Å²) in [6, 6.07) is 0. The molecule has 0 spiro atoms. The third-order valence-electron chi connectivity index (χ3n) is 0.711. The summed E-state index contributed by atoms with van der Waals surface area (Å²) in [5, 5.41) is 0. The largest absolute Gasteiger partial charge is 0.368 e. The second-order valence-corrected chi connectivity index (χ2v) is 1.39. The molecular formula is C4H7ClN4. The quantitative estimate of drug-likeness (QED) is 0.567. The molecule has 0 aliphatic rings. The van der Waals surface area contributed by atoms with Crippen LogP contribution in [0.1, 0.15) is 5.82 Å². The van der Waals surface area contributed by atoms with Gasteiger partial charge in [-0.2, -0.15) is 4.98 Å². The Kier molecular flexibility index (Phi) is 2.87. The van der Waals surface area contributed by atoms with Gasteiger partial charge < -0.3 is 5.73 Å². The Bertz CT molecular complexity index is 172. The van der Waals surface area contributed by atoms with Crippen LogP contribution in [-0.2, 0) is 0 Å². The van der Waals surface area contributed by atoms with Gasteiger partial charge in [0.1, 0.15) is 12.2 Å². The molecule has 1 aromatic heterocycles. The van der Waals surface area contributed by atoms with E-state index in [2.05, 4.69) is 15.0 Å². The lowest BCUT2D eigenvalue weighted by molar-refractivity contribution is 0.988. The number of nitrogens with two attached hydrogens (primary N) is 1. The number of aromatic nitrogens is 3. The summed E-state index contributed by atoms with van der Waals surface area (Å²) >= 11 is 0. The Labute approximate surface area is 58.9 Å². The Morgan fingerprint density at radius 3 is 2.44 bits per heavy atom. The zero-order valence-electron chi connectivity index (χ0n) is 4.90. The molecule has 0 bridgehead atoms. The van der Waals surface area contributed by atoms with Crippen molar-refractivity contribution in [1.82, 2.24) is 15.0 Å². The van der Waals surface area contributed by atoms with Gasteiger partial charge in [-0.3, -0.25) is 0 Å². The van der Waals surface area contributed by atoms with E-state index in [1.807, 2.05) is 0 Å². The molecule has 0 atom stereocenters. The van der Waals surface area contributed by atoms with Gasteiger partial charge in [-0.25, -0.2) is 9.97 Å². The fraction of sp³-hybridized carbons (Fsp3) is 0.250. The van der Waals surface area contributed by atoms with Crippen LogP contribution in [0.25, 0.3) is 0 Å². The van der Waals surface area contributed by atoms with Gasteiger partial charge in [-0.15, -0.1) is 12.4 Å². The van der Waals surface area contributed by atoms with Crippen LogP contribution in [0, 0.1) is 6.92 Å². The highest BCUT2D eigenvalue weighted by molar-refractivity contribution is 5.85. The Morgan fingerprint density at radius 1 is 1.44 bits per heavy atom. The van der Waals surface area contributed by atoms with Gasteiger partial charge >= 0.3 is 0 Å². The third-order valence-corrected chi connectivity index (χ3v) is 0.711. The SMILES string of the molecule is Cc1ncnc(N)n1.Cl. The van der Waals surface area contributed by atoms with Crippen LogP contribution in [0.4, 0.5) is 5.95 Å². The molecule has 50 valence electrons. The maximum Gasteiger partial charge on any atom is 0.223 e. The van der Waals surface area contributed by atoms with Crippen molar-refractivity contribution in [3.05, 3.63) is 12.2 Å². The Hall–Kier alpha value is -0.900. The highest BCUT2D eigenvalue weighted by atomic mass is 35.5. The smallest absolute Gasteiger partial charge is 0.223 e. The molecule has 0 unspecified atom stereocenters. The van der Waals surface area contributed by atoms with Crippen molar-refractivity contribution in [2.45, 2.75) is 6.92 Å². The minimum atomic E-state index is 0. The van der Waals surface area contributed by atoms with Crippen LogP contribution >= 0.6 is 12.4 Å². The monoisotopic (exact) mass is 146 g/mol. The molecule has 0 fully saturated rings. The number of rotatable bonds is 0. The summed E-state index contributed by atoms with van der Waals surface area (Å²) in [6.07, 6.45) is 1.39. The molecule has 1 heterocycles. The number of nitrogen functional groups attached to an aromatic ring is 1. The average molecular weight is 147 g/mol. The summed E-state index contributed by atoms with van der Waals surface area (Å²) in [6.45, 7) is 1.76. The van der Waals surface area contributed by atoms with E-state index >= 15 is 0 Å². The molecule has 0 aromatic carbocycles. The van der Waals surface area contributed by atoms with Gasteiger partial charge in [-0.1, -0.05) is 0 Å². The van der Waals surface area contributed by atoms with E-state index in [1.165, 1.54) is 6.33 Å². The minimum absolute atomic E-state index is 0. The highest BCUT2D eigenvalue weighted by Gasteiger charge is 1.85. The van der Waals surface area contributed by atoms with Crippen molar-refractivity contribution in [2.24, 2.45) is 0 Å². The first-order valence-electron chi connectivity index (χ1n) is 2.20. The molecular weight excluding hydrogens is 140 g/mol. The van der Waals surface area contributed by atoms with E-state index in [9.17, 15) is 0 Å². The van der Waals surface area contributed by atoms with Crippen molar-refractivity contribution < 1.29 is 0 Å². The van der Waals surface area contributed by atoms with E-state index in [1.54, 1.807) is 6.92 Å². The molecule has 0 saturated heterocycles. The number of anilines is 1. The van der Waals surface area contributed by atoms with Gasteiger partial charge in [0.15, 0.2) is 0 Å². The first-order chi connectivity index (χ1) is 3.79. The average Bonchev–Trinajstić information content (AvgIpc) is 1.64. The van der Waals surface area contributed by atoms with E-state index in [0.717, 1.165) is 0 Å². The molecule has 9 heavy (non-hydrogen) atoms. The lowest BCUT2D eigenvalue weighted by atomic mass is 10.7. The zero-order chi connectivity index (χ0) is 5.98. The van der Waals surface area contributed by atoms with Crippen LogP contribution in [0.5, 0.6) is 0 Å². The molecule has 4 nitrogen and oxygen atoms in total. The van der Waals surface area contributed by atoms with Crippen LogP contribution < -0.4 is 5.73 Å². The van der Waals surface area contributed by atoms with E-state index in [-0.39, 0.29) is 18.4 Å². The van der Waals surface area contributed by atoms with Crippen LogP contribution in [0.2, 0.25) is 0 Å². The molecule has 1 aromatic rings. The summed E-state index contributed by atoms with van der Waals surface area (Å²) in [5.41, 5.74) is 5.20. The van der Waals surface area contributed by atoms with Gasteiger partial charge in [-0.05, 0) is 6.92 Å². The van der Waals surface area contributed by atoms with E-state index < -0.39 is 0 Å². The van der Waals surface area contributed by atoms with Crippen molar-refractivity contribution in [3.63, 3.8) is 0 Å². The number of nitrogens with zero attached hydrogens (tertiary/aromatic N) is 3. The lowest BCUT2D eigenvalue weighted by Gasteiger charge is -1.88. The first-order valence-corrected chi connectivity index (χ1v) is 2.20. The Balaban J connectivity index is 0.000000640. The fourth-order valence-corrected chi connectivity index (χ4v) is 0.395. The number of hydrogen-bond donors (Lipinski definition) is 1. The molecule has 0 saturated carbocycles. The second kappa shape index (κ2) is 3.19. The molecule has 2 N–H and O–H groups in total. The maximum atomic E-state index is 5.20. The van der Waals surface area contributed by atoms with Gasteiger partial charge in [0.2, 0.25) is 5.95 Å². The molecule has 0 aliphatic heterocycles. The van der Waals surface area contributed by atoms with Gasteiger partial charge in [0.05, 0.1) is 0 Å². The first kappa shape index (κ1) is 8.10. The number of halogens is 1. The van der Waals surface area contributed by atoms with Crippen LogP contribution in [0.3, 0.4) is 0 Å². The number of hydrogen-bond acceptors (Lipinski definition) is 4. The fourth-order valence-electron chi connectivity index (χ4n) is 0.395. The predicted molar refractivity (Wildman–Crippen MR) is 36.2 cm³/mol. The van der Waals surface area contributed by atoms with Crippen molar-refractivity contribution in [1.29, 1.82) is 0 Å². The number of aryl methyl sites for hydroxylation is 1. The second-order valence-electron chi connectivity index (χ2n) is 1.39. The highest BCUT2D eigenvalue weighted by Crippen LogP contribution is 1.86. The van der Waals surface area contributed by atoms with Crippen molar-refractivity contribution >= 4 is 18.4 Å². The summed E-state index contributed by atoms with van der Waals surface area (Å²) < 4.78 is 0. The van der Waals surface area contributed by atoms with E-state index in [0.29, 0.717) is 5.82 Å². The standard InChI is InChI=1S/C4H6N4.ClH/c1-3-6-2-7-4(5)8-3;/h2H,1H3,(H2,5,6,7,8);1H. The molecule has 5 heteroatoms. The summed E-state index contributed by atoms with van der Waals surface area (Å²) in [4.78, 5) is 11.1. The molecule has 1 rings (SSSR count). The van der Waals surface area contributed by atoms with Crippen molar-refractivity contribution in [3.8, 4) is 0 Å². The van der Waals surface area contributed by atoms with Crippen molar-refractivity contribution in [2.75, 3.05) is 5.73 Å². The van der Waals surface area contributed by atoms with Gasteiger partial charge in [0.25, 0.3) is 0 Å². The van der Waals surface area contributed by atoms with Gasteiger partial charge in [0, 0.05) is 0 Å². The lowest BCUT2D eigenvalue weighted by Crippen LogP contribution is -1.96. The minimum Gasteiger partial charge on any atom is -0.368 e. The molecule has 0 aliphatic carbocycles. The van der Waals surface area contributed by atoms with E-state index in [4.69, 9.17) is 5.73 Å². The summed E-state index contributed by atoms with van der Waals surface area (Å²) in [7, 11) is 0. The third kappa shape index (κ3) is 2.23.